The first kappa shape index (κ1) is 24.5. The molecule has 36 heavy (non-hydrogen) atoms. The van der Waals surface area contributed by atoms with Crippen molar-refractivity contribution >= 4 is 52.8 Å². The largest absolute Gasteiger partial charge is 0.497 e. The minimum atomic E-state index is -0.851. The number of barbiturate groups is 1. The molecule has 0 aliphatic carbocycles. The maximum atomic E-state index is 13.1. The molecule has 1 fully saturated rings. The number of nitrogens with one attached hydrogen (secondary N) is 2. The Morgan fingerprint density at radius 1 is 1.00 bits per heavy atom. The average Bonchev–Trinajstić information content (AvgIpc) is 2.87. The Balaban J connectivity index is 1.47. The number of hydrogen-bond donors (Lipinski definition) is 2. The van der Waals surface area contributed by atoms with Crippen LogP contribution in [0.25, 0.3) is 6.08 Å². The SMILES string of the molecule is COc1ccc(N2C(=O)NC(=O)/C(=C/c3cccc(OCC(=O)Nc4ccc(Cl)cc4)c3)C2=O)cc1. The monoisotopic (exact) mass is 505 g/mol. The number of hydrogen-bond acceptors (Lipinski definition) is 6. The molecule has 0 bridgehead atoms. The Labute approximate surface area is 211 Å². The van der Waals surface area contributed by atoms with Crippen molar-refractivity contribution in [3.8, 4) is 11.5 Å². The number of imide groups is 2. The molecule has 3 aromatic carbocycles. The summed E-state index contributed by atoms with van der Waals surface area (Å²) in [6.45, 7) is -0.262. The Bertz CT molecular complexity index is 1350. The summed E-state index contributed by atoms with van der Waals surface area (Å²) in [6.07, 6.45) is 1.35. The Hall–Kier alpha value is -4.63. The first-order valence-corrected chi connectivity index (χ1v) is 11.1. The van der Waals surface area contributed by atoms with E-state index in [9.17, 15) is 19.2 Å². The molecule has 0 aromatic heterocycles. The van der Waals surface area contributed by atoms with Gasteiger partial charge in [-0.15, -0.1) is 0 Å². The molecule has 1 aliphatic heterocycles. The second-order valence-corrected chi connectivity index (χ2v) is 8.01. The summed E-state index contributed by atoms with van der Waals surface area (Å²) in [5, 5.41) is 5.41. The van der Waals surface area contributed by atoms with Crippen LogP contribution in [0.2, 0.25) is 5.02 Å². The van der Waals surface area contributed by atoms with Crippen molar-refractivity contribution in [2.24, 2.45) is 0 Å². The summed E-state index contributed by atoms with van der Waals surface area (Å²) >= 11 is 5.84. The molecule has 0 spiro atoms. The van der Waals surface area contributed by atoms with Gasteiger partial charge in [0, 0.05) is 10.7 Å². The zero-order valence-electron chi connectivity index (χ0n) is 19.0. The summed E-state index contributed by atoms with van der Waals surface area (Å²) < 4.78 is 10.6. The van der Waals surface area contributed by atoms with Gasteiger partial charge in [0.1, 0.15) is 17.1 Å². The number of halogens is 1. The quantitative estimate of drug-likeness (QED) is 0.370. The smallest absolute Gasteiger partial charge is 0.335 e. The number of urea groups is 1. The highest BCUT2D eigenvalue weighted by Gasteiger charge is 2.36. The highest BCUT2D eigenvalue weighted by atomic mass is 35.5. The third kappa shape index (κ3) is 5.70. The highest BCUT2D eigenvalue weighted by molar-refractivity contribution is 6.39. The number of anilines is 2. The van der Waals surface area contributed by atoms with Crippen molar-refractivity contribution in [2.45, 2.75) is 0 Å². The molecule has 2 N–H and O–H groups in total. The predicted octanol–water partition coefficient (Wildman–Crippen LogP) is 4.03. The summed E-state index contributed by atoms with van der Waals surface area (Å²) in [4.78, 5) is 50.9. The molecule has 3 aromatic rings. The molecule has 5 amide bonds. The number of nitrogens with zero attached hydrogens (tertiary/aromatic N) is 1. The van der Waals surface area contributed by atoms with Crippen LogP contribution >= 0.6 is 11.6 Å². The van der Waals surface area contributed by atoms with Gasteiger partial charge in [-0.05, 0) is 72.3 Å². The van der Waals surface area contributed by atoms with E-state index in [1.165, 1.54) is 25.3 Å². The van der Waals surface area contributed by atoms with E-state index < -0.39 is 17.8 Å². The first-order chi connectivity index (χ1) is 17.3. The van der Waals surface area contributed by atoms with Crippen LogP contribution in [0.15, 0.2) is 78.4 Å². The third-order valence-electron chi connectivity index (χ3n) is 5.10. The fraction of sp³-hybridized carbons (Fsp3) is 0.0769. The maximum absolute atomic E-state index is 13.1. The molecule has 182 valence electrons. The van der Waals surface area contributed by atoms with E-state index in [4.69, 9.17) is 21.1 Å². The van der Waals surface area contributed by atoms with Gasteiger partial charge in [0.25, 0.3) is 17.7 Å². The van der Waals surface area contributed by atoms with Crippen LogP contribution in [-0.2, 0) is 14.4 Å². The molecule has 9 nitrogen and oxygen atoms in total. The van der Waals surface area contributed by atoms with E-state index in [2.05, 4.69) is 10.6 Å². The van der Waals surface area contributed by atoms with Gasteiger partial charge in [0.15, 0.2) is 6.61 Å². The van der Waals surface area contributed by atoms with Gasteiger partial charge in [-0.2, -0.15) is 0 Å². The van der Waals surface area contributed by atoms with Crippen molar-refractivity contribution < 1.29 is 28.7 Å². The standard InChI is InChI=1S/C26H20ClN3O6/c1-35-20-11-9-19(10-12-20)30-25(33)22(24(32)29-26(30)34)14-16-3-2-4-21(13-16)36-15-23(31)28-18-7-5-17(27)6-8-18/h2-14H,15H2,1H3,(H,28,31)(H,29,32,34)/b22-14-. The van der Waals surface area contributed by atoms with E-state index in [0.717, 1.165) is 4.90 Å². The second-order valence-electron chi connectivity index (χ2n) is 7.57. The number of rotatable bonds is 7. The Kier molecular flexibility index (Phi) is 7.31. The molecule has 1 heterocycles. The zero-order chi connectivity index (χ0) is 25.7. The van der Waals surface area contributed by atoms with Crippen LogP contribution in [0, 0.1) is 0 Å². The van der Waals surface area contributed by atoms with E-state index in [0.29, 0.717) is 27.8 Å². The summed E-state index contributed by atoms with van der Waals surface area (Å²) in [7, 11) is 1.50. The normalized spacial score (nSPS) is 14.4. The van der Waals surface area contributed by atoms with Crippen molar-refractivity contribution in [3.63, 3.8) is 0 Å². The van der Waals surface area contributed by atoms with Crippen LogP contribution in [0.3, 0.4) is 0 Å². The van der Waals surface area contributed by atoms with Gasteiger partial charge in [-0.25, -0.2) is 9.69 Å². The van der Waals surface area contributed by atoms with Crippen LogP contribution in [0.5, 0.6) is 11.5 Å². The minimum absolute atomic E-state index is 0.233. The van der Waals surface area contributed by atoms with Gasteiger partial charge >= 0.3 is 6.03 Å². The minimum Gasteiger partial charge on any atom is -0.497 e. The first-order valence-electron chi connectivity index (χ1n) is 10.7. The van der Waals surface area contributed by atoms with Gasteiger partial charge in [-0.1, -0.05) is 23.7 Å². The Morgan fingerprint density at radius 3 is 2.42 bits per heavy atom. The predicted molar refractivity (Wildman–Crippen MR) is 134 cm³/mol. The van der Waals surface area contributed by atoms with Crippen molar-refractivity contribution in [2.75, 3.05) is 23.9 Å². The highest BCUT2D eigenvalue weighted by Crippen LogP contribution is 2.25. The number of amides is 5. The van der Waals surface area contributed by atoms with Gasteiger partial charge in [0.2, 0.25) is 0 Å². The number of carbonyl (C=O) groups excluding carboxylic acids is 4. The third-order valence-corrected chi connectivity index (χ3v) is 5.35. The lowest BCUT2D eigenvalue weighted by molar-refractivity contribution is -0.122. The molecule has 10 heteroatoms. The number of benzene rings is 3. The molecule has 0 atom stereocenters. The number of methoxy groups -OCH3 is 1. The lowest BCUT2D eigenvalue weighted by Gasteiger charge is -2.26. The maximum Gasteiger partial charge on any atom is 0.335 e. The molecule has 1 saturated heterocycles. The van der Waals surface area contributed by atoms with Crippen molar-refractivity contribution in [1.82, 2.24) is 5.32 Å². The summed E-state index contributed by atoms with van der Waals surface area (Å²) in [5.74, 6) is -1.07. The number of carbonyl (C=O) groups is 4. The van der Waals surface area contributed by atoms with Crippen LogP contribution < -0.4 is 25.0 Å². The fourth-order valence-electron chi connectivity index (χ4n) is 3.36. The molecule has 1 aliphatic rings. The second kappa shape index (κ2) is 10.7. The molecule has 0 radical (unpaired) electrons. The van der Waals surface area contributed by atoms with Crippen molar-refractivity contribution in [1.29, 1.82) is 0 Å². The fourth-order valence-corrected chi connectivity index (χ4v) is 3.49. The van der Waals surface area contributed by atoms with E-state index in [1.807, 2.05) is 0 Å². The van der Waals surface area contributed by atoms with Crippen LogP contribution in [0.4, 0.5) is 16.2 Å². The van der Waals surface area contributed by atoms with E-state index >= 15 is 0 Å². The molecule has 0 saturated carbocycles. The molecule has 0 unspecified atom stereocenters. The van der Waals surface area contributed by atoms with Crippen molar-refractivity contribution in [3.05, 3.63) is 89.0 Å². The van der Waals surface area contributed by atoms with Gasteiger partial charge in [0.05, 0.1) is 12.8 Å². The Morgan fingerprint density at radius 2 is 1.72 bits per heavy atom. The van der Waals surface area contributed by atoms with Gasteiger partial charge in [-0.3, -0.25) is 19.7 Å². The van der Waals surface area contributed by atoms with E-state index in [-0.39, 0.29) is 23.8 Å². The van der Waals surface area contributed by atoms with Crippen LogP contribution in [-0.4, -0.2) is 37.5 Å². The summed E-state index contributed by atoms with van der Waals surface area (Å²) in [5.41, 5.74) is 1.08. The molecular formula is C26H20ClN3O6. The molecule has 4 rings (SSSR count). The van der Waals surface area contributed by atoms with E-state index in [1.54, 1.807) is 60.7 Å². The average molecular weight is 506 g/mol. The number of ether oxygens (including phenoxy) is 2. The molecular weight excluding hydrogens is 486 g/mol. The van der Waals surface area contributed by atoms with Crippen LogP contribution in [0.1, 0.15) is 5.56 Å². The zero-order valence-corrected chi connectivity index (χ0v) is 19.7. The summed E-state index contributed by atoms with van der Waals surface area (Å²) in [6, 6.07) is 18.6. The lowest BCUT2D eigenvalue weighted by atomic mass is 10.1. The van der Waals surface area contributed by atoms with Gasteiger partial charge < -0.3 is 14.8 Å². The topological polar surface area (TPSA) is 114 Å². The lowest BCUT2D eigenvalue weighted by Crippen LogP contribution is -2.54.